The Hall–Kier alpha value is -0.770. The SMILES string of the molecule is CCNC(c1cc(C)c(C)cc1Cl)c1ccoc1Br. The average molecular weight is 343 g/mol. The fourth-order valence-electron chi connectivity index (χ4n) is 2.13. The summed E-state index contributed by atoms with van der Waals surface area (Å²) in [5, 5.41) is 4.23. The highest BCUT2D eigenvalue weighted by Gasteiger charge is 2.20. The average Bonchev–Trinajstić information content (AvgIpc) is 2.77. The van der Waals surface area contributed by atoms with E-state index in [1.807, 2.05) is 12.1 Å². The lowest BCUT2D eigenvalue weighted by atomic mass is 9.97. The van der Waals surface area contributed by atoms with Crippen molar-refractivity contribution in [1.82, 2.24) is 5.32 Å². The number of benzene rings is 1. The number of rotatable bonds is 4. The molecule has 0 saturated heterocycles. The zero-order valence-corrected chi connectivity index (χ0v) is 13.6. The van der Waals surface area contributed by atoms with Gasteiger partial charge in [0.05, 0.1) is 12.3 Å². The van der Waals surface area contributed by atoms with Gasteiger partial charge in [-0.05, 0) is 65.1 Å². The minimum Gasteiger partial charge on any atom is -0.457 e. The Balaban J connectivity index is 2.51. The van der Waals surface area contributed by atoms with Crippen LogP contribution in [-0.2, 0) is 0 Å². The lowest BCUT2D eigenvalue weighted by Crippen LogP contribution is -2.22. The van der Waals surface area contributed by atoms with Crippen LogP contribution in [-0.4, -0.2) is 6.54 Å². The topological polar surface area (TPSA) is 25.2 Å². The summed E-state index contributed by atoms with van der Waals surface area (Å²) in [4.78, 5) is 0. The van der Waals surface area contributed by atoms with Crippen LogP contribution in [0.5, 0.6) is 0 Å². The van der Waals surface area contributed by atoms with Crippen molar-refractivity contribution in [2.75, 3.05) is 6.54 Å². The van der Waals surface area contributed by atoms with E-state index in [9.17, 15) is 0 Å². The van der Waals surface area contributed by atoms with E-state index in [0.717, 1.165) is 27.4 Å². The highest BCUT2D eigenvalue weighted by atomic mass is 79.9. The molecule has 2 rings (SSSR count). The van der Waals surface area contributed by atoms with E-state index in [-0.39, 0.29) is 6.04 Å². The molecule has 1 aromatic carbocycles. The molecule has 0 amide bonds. The Labute approximate surface area is 127 Å². The summed E-state index contributed by atoms with van der Waals surface area (Å²) in [5.74, 6) is 0. The van der Waals surface area contributed by atoms with Gasteiger partial charge < -0.3 is 9.73 Å². The van der Waals surface area contributed by atoms with Crippen molar-refractivity contribution in [2.45, 2.75) is 26.8 Å². The predicted molar refractivity (Wildman–Crippen MR) is 82.9 cm³/mol. The molecular formula is C15H17BrClNO. The molecule has 19 heavy (non-hydrogen) atoms. The van der Waals surface area contributed by atoms with Gasteiger partial charge in [0.1, 0.15) is 0 Å². The van der Waals surface area contributed by atoms with Gasteiger partial charge in [0.15, 0.2) is 4.67 Å². The van der Waals surface area contributed by atoms with Crippen LogP contribution in [0.25, 0.3) is 0 Å². The van der Waals surface area contributed by atoms with E-state index < -0.39 is 0 Å². The van der Waals surface area contributed by atoms with E-state index >= 15 is 0 Å². The van der Waals surface area contributed by atoms with Crippen LogP contribution in [0.2, 0.25) is 5.02 Å². The van der Waals surface area contributed by atoms with Crippen molar-refractivity contribution in [1.29, 1.82) is 0 Å². The lowest BCUT2D eigenvalue weighted by Gasteiger charge is -2.20. The van der Waals surface area contributed by atoms with E-state index in [1.165, 1.54) is 11.1 Å². The first-order valence-electron chi connectivity index (χ1n) is 6.27. The third-order valence-electron chi connectivity index (χ3n) is 3.29. The Morgan fingerprint density at radius 1 is 1.26 bits per heavy atom. The molecule has 0 saturated carbocycles. The van der Waals surface area contributed by atoms with Crippen LogP contribution in [0.3, 0.4) is 0 Å². The predicted octanol–water partition coefficient (Wildman–Crippen LogP) is 5.01. The lowest BCUT2D eigenvalue weighted by molar-refractivity contribution is 0.526. The molecule has 0 bridgehead atoms. The maximum atomic E-state index is 6.42. The molecule has 102 valence electrons. The van der Waals surface area contributed by atoms with Crippen molar-refractivity contribution < 1.29 is 4.42 Å². The van der Waals surface area contributed by atoms with Crippen molar-refractivity contribution in [3.63, 3.8) is 0 Å². The van der Waals surface area contributed by atoms with Crippen molar-refractivity contribution in [3.8, 4) is 0 Å². The molecule has 0 aliphatic carbocycles. The van der Waals surface area contributed by atoms with Gasteiger partial charge in [-0.15, -0.1) is 0 Å². The third kappa shape index (κ3) is 3.04. The van der Waals surface area contributed by atoms with Crippen LogP contribution in [0, 0.1) is 13.8 Å². The highest BCUT2D eigenvalue weighted by molar-refractivity contribution is 9.10. The molecule has 0 aliphatic rings. The molecule has 1 N–H and O–H groups in total. The molecule has 0 aliphatic heterocycles. The summed E-state index contributed by atoms with van der Waals surface area (Å²) >= 11 is 9.86. The number of hydrogen-bond donors (Lipinski definition) is 1. The number of aryl methyl sites for hydroxylation is 2. The van der Waals surface area contributed by atoms with Gasteiger partial charge in [0.25, 0.3) is 0 Å². The summed E-state index contributed by atoms with van der Waals surface area (Å²) in [6.07, 6.45) is 1.68. The minimum atomic E-state index is 0.0323. The zero-order chi connectivity index (χ0) is 14.0. The Bertz CT molecular complexity index is 580. The molecule has 0 fully saturated rings. The third-order valence-corrected chi connectivity index (χ3v) is 4.26. The van der Waals surface area contributed by atoms with Gasteiger partial charge >= 0.3 is 0 Å². The molecule has 2 nitrogen and oxygen atoms in total. The van der Waals surface area contributed by atoms with Gasteiger partial charge in [-0.2, -0.15) is 0 Å². The van der Waals surface area contributed by atoms with Gasteiger partial charge in [0.2, 0.25) is 0 Å². The van der Waals surface area contributed by atoms with E-state index in [0.29, 0.717) is 0 Å². The molecule has 1 unspecified atom stereocenters. The first-order chi connectivity index (χ1) is 9.04. The second-order valence-corrected chi connectivity index (χ2v) is 5.73. The molecule has 2 aromatic rings. The van der Waals surface area contributed by atoms with Crippen molar-refractivity contribution >= 4 is 27.5 Å². The van der Waals surface area contributed by atoms with Crippen LogP contribution in [0.15, 0.2) is 33.5 Å². The van der Waals surface area contributed by atoms with Gasteiger partial charge in [-0.1, -0.05) is 24.6 Å². The largest absolute Gasteiger partial charge is 0.457 e. The fraction of sp³-hybridized carbons (Fsp3) is 0.333. The van der Waals surface area contributed by atoms with Crippen molar-refractivity contribution in [3.05, 3.63) is 56.4 Å². The Morgan fingerprint density at radius 3 is 2.53 bits per heavy atom. The standard InChI is InChI=1S/C15H17BrClNO/c1-4-18-14(11-5-6-19-15(11)16)12-7-9(2)10(3)8-13(12)17/h5-8,14,18H,4H2,1-3H3. The molecular weight excluding hydrogens is 326 g/mol. The maximum Gasteiger partial charge on any atom is 0.174 e. The van der Waals surface area contributed by atoms with Crippen LogP contribution in [0.1, 0.15) is 35.2 Å². The summed E-state index contributed by atoms with van der Waals surface area (Å²) in [7, 11) is 0. The summed E-state index contributed by atoms with van der Waals surface area (Å²) < 4.78 is 6.08. The monoisotopic (exact) mass is 341 g/mol. The second-order valence-electron chi connectivity index (χ2n) is 4.60. The second kappa shape index (κ2) is 6.12. The first-order valence-corrected chi connectivity index (χ1v) is 7.44. The fourth-order valence-corrected chi connectivity index (χ4v) is 2.92. The van der Waals surface area contributed by atoms with Crippen LogP contribution in [0.4, 0.5) is 0 Å². The number of hydrogen-bond acceptors (Lipinski definition) is 2. The van der Waals surface area contributed by atoms with Gasteiger partial charge in [-0.25, -0.2) is 0 Å². The van der Waals surface area contributed by atoms with Gasteiger partial charge in [0, 0.05) is 10.6 Å². The van der Waals surface area contributed by atoms with Crippen molar-refractivity contribution in [2.24, 2.45) is 0 Å². The molecule has 0 radical (unpaired) electrons. The van der Waals surface area contributed by atoms with Crippen LogP contribution >= 0.6 is 27.5 Å². The molecule has 1 aromatic heterocycles. The normalized spacial score (nSPS) is 12.7. The molecule has 0 spiro atoms. The quantitative estimate of drug-likeness (QED) is 0.844. The number of furan rings is 1. The summed E-state index contributed by atoms with van der Waals surface area (Å²) in [5.41, 5.74) is 4.58. The molecule has 1 heterocycles. The zero-order valence-electron chi connectivity index (χ0n) is 11.3. The number of nitrogens with one attached hydrogen (secondary N) is 1. The Morgan fingerprint density at radius 2 is 1.95 bits per heavy atom. The molecule has 4 heteroatoms. The van der Waals surface area contributed by atoms with Gasteiger partial charge in [-0.3, -0.25) is 0 Å². The highest BCUT2D eigenvalue weighted by Crippen LogP contribution is 2.34. The first kappa shape index (κ1) is 14.6. The Kier molecular flexibility index (Phi) is 4.71. The summed E-state index contributed by atoms with van der Waals surface area (Å²) in [6, 6.07) is 6.16. The molecule has 1 atom stereocenters. The number of halogens is 2. The van der Waals surface area contributed by atoms with E-state index in [1.54, 1.807) is 6.26 Å². The van der Waals surface area contributed by atoms with E-state index in [2.05, 4.69) is 48.1 Å². The van der Waals surface area contributed by atoms with E-state index in [4.69, 9.17) is 16.0 Å². The van der Waals surface area contributed by atoms with Crippen LogP contribution < -0.4 is 5.32 Å². The smallest absolute Gasteiger partial charge is 0.174 e. The maximum absolute atomic E-state index is 6.42. The summed E-state index contributed by atoms with van der Waals surface area (Å²) in [6.45, 7) is 7.10. The minimum absolute atomic E-state index is 0.0323.